The van der Waals surface area contributed by atoms with Gasteiger partial charge in [0.1, 0.15) is 0 Å². The van der Waals surface area contributed by atoms with Gasteiger partial charge in [0, 0.05) is 28.5 Å². The molecule has 0 aromatic heterocycles. The van der Waals surface area contributed by atoms with Crippen LogP contribution in [0.5, 0.6) is 0 Å². The predicted octanol–water partition coefficient (Wildman–Crippen LogP) is 1.86. The number of aliphatic hydroxyl groups excluding tert-OH is 1. The van der Waals surface area contributed by atoms with E-state index in [4.69, 9.17) is 5.11 Å². The van der Waals surface area contributed by atoms with Crippen LogP contribution in [0.1, 0.15) is 18.9 Å². The van der Waals surface area contributed by atoms with Gasteiger partial charge in [-0.15, -0.1) is 0 Å². The van der Waals surface area contributed by atoms with Crippen molar-refractivity contribution in [3.8, 4) is 0 Å². The number of halogens is 1. The lowest BCUT2D eigenvalue weighted by molar-refractivity contribution is -0.120. The largest absolute Gasteiger partial charge is 0.396 e. The molecular weight excluding hydrogens is 344 g/mol. The maximum Gasteiger partial charge on any atom is 0.232 e. The SMILES string of the molecule is CC(=O)N1CCc2cc(Br)c(SNC(=O)CCO)cc21. The molecule has 0 aliphatic carbocycles. The standard InChI is InChI=1S/C13H15BrN2O3S/c1-8(18)16-4-2-9-6-10(14)12(7-11(9)16)20-15-13(19)3-5-17/h6-7,17H,2-5H2,1H3,(H,15,19). The Morgan fingerprint density at radius 1 is 1.50 bits per heavy atom. The van der Waals surface area contributed by atoms with E-state index >= 15 is 0 Å². The Bertz CT molecular complexity index is 551. The van der Waals surface area contributed by atoms with Crippen LogP contribution in [-0.2, 0) is 16.0 Å². The Kier molecular flexibility index (Phi) is 5.06. The highest BCUT2D eigenvalue weighted by molar-refractivity contribution is 9.10. The molecule has 1 aliphatic rings. The Hall–Kier alpha value is -1.05. The number of rotatable bonds is 4. The second-order valence-electron chi connectivity index (χ2n) is 4.43. The highest BCUT2D eigenvalue weighted by Crippen LogP contribution is 2.36. The molecule has 0 saturated heterocycles. The zero-order valence-corrected chi connectivity index (χ0v) is 13.4. The van der Waals surface area contributed by atoms with E-state index in [1.807, 2.05) is 12.1 Å². The molecule has 1 aromatic rings. The zero-order valence-electron chi connectivity index (χ0n) is 11.0. The second kappa shape index (κ2) is 6.60. The maximum atomic E-state index is 11.6. The third kappa shape index (κ3) is 3.34. The van der Waals surface area contributed by atoms with Crippen LogP contribution in [0.2, 0.25) is 0 Å². The van der Waals surface area contributed by atoms with Crippen LogP contribution in [0.4, 0.5) is 5.69 Å². The molecule has 2 rings (SSSR count). The first-order valence-electron chi connectivity index (χ1n) is 6.20. The van der Waals surface area contributed by atoms with Gasteiger partial charge in [-0.1, -0.05) is 0 Å². The predicted molar refractivity (Wildman–Crippen MR) is 81.6 cm³/mol. The fraction of sp³-hybridized carbons (Fsp3) is 0.385. The molecule has 0 saturated carbocycles. The minimum absolute atomic E-state index is 0.0198. The first-order chi connectivity index (χ1) is 9.52. The summed E-state index contributed by atoms with van der Waals surface area (Å²) < 4.78 is 3.55. The summed E-state index contributed by atoms with van der Waals surface area (Å²) in [5.41, 5.74) is 2.03. The van der Waals surface area contributed by atoms with Crippen LogP contribution < -0.4 is 9.62 Å². The maximum absolute atomic E-state index is 11.6. The lowest BCUT2D eigenvalue weighted by Crippen LogP contribution is -2.25. The molecule has 7 heteroatoms. The third-order valence-corrected chi connectivity index (χ3v) is 4.83. The number of anilines is 1. The molecule has 1 aromatic carbocycles. The van der Waals surface area contributed by atoms with Crippen molar-refractivity contribution in [2.45, 2.75) is 24.7 Å². The quantitative estimate of drug-likeness (QED) is 0.806. The molecule has 2 amide bonds. The molecule has 20 heavy (non-hydrogen) atoms. The zero-order chi connectivity index (χ0) is 14.7. The molecule has 0 bridgehead atoms. The van der Waals surface area contributed by atoms with Gasteiger partial charge in [0.25, 0.3) is 0 Å². The molecular formula is C13H15BrN2O3S. The molecule has 108 valence electrons. The fourth-order valence-electron chi connectivity index (χ4n) is 2.06. The van der Waals surface area contributed by atoms with Gasteiger partial charge in [-0.3, -0.25) is 14.3 Å². The summed E-state index contributed by atoms with van der Waals surface area (Å²) in [4.78, 5) is 25.5. The second-order valence-corrected chi connectivity index (χ2v) is 6.14. The Morgan fingerprint density at radius 2 is 2.25 bits per heavy atom. The molecule has 5 nitrogen and oxygen atoms in total. The van der Waals surface area contributed by atoms with Crippen molar-refractivity contribution >= 4 is 45.4 Å². The van der Waals surface area contributed by atoms with Crippen molar-refractivity contribution in [1.29, 1.82) is 0 Å². The first kappa shape index (κ1) is 15.3. The van der Waals surface area contributed by atoms with Crippen molar-refractivity contribution in [3.05, 3.63) is 22.2 Å². The minimum Gasteiger partial charge on any atom is -0.396 e. The molecule has 2 N–H and O–H groups in total. The summed E-state index contributed by atoms with van der Waals surface area (Å²) >= 11 is 4.65. The lowest BCUT2D eigenvalue weighted by atomic mass is 10.2. The smallest absolute Gasteiger partial charge is 0.232 e. The number of aliphatic hydroxyl groups is 1. The van der Waals surface area contributed by atoms with E-state index < -0.39 is 0 Å². The van der Waals surface area contributed by atoms with E-state index in [2.05, 4.69) is 20.7 Å². The number of nitrogens with zero attached hydrogens (tertiary/aromatic N) is 1. The van der Waals surface area contributed by atoms with Crippen LogP contribution in [0.25, 0.3) is 0 Å². The molecule has 0 unspecified atom stereocenters. The van der Waals surface area contributed by atoms with E-state index in [-0.39, 0.29) is 24.8 Å². The number of nitrogens with one attached hydrogen (secondary N) is 1. The normalized spacial score (nSPS) is 13.2. The van der Waals surface area contributed by atoms with E-state index in [0.717, 1.165) is 27.0 Å². The van der Waals surface area contributed by atoms with Crippen molar-refractivity contribution in [2.75, 3.05) is 18.1 Å². The number of hydrogen-bond acceptors (Lipinski definition) is 4. The van der Waals surface area contributed by atoms with Gasteiger partial charge in [-0.25, -0.2) is 0 Å². The summed E-state index contributed by atoms with van der Waals surface area (Å²) in [5.74, 6) is -0.209. The van der Waals surface area contributed by atoms with Gasteiger partial charge in [-0.2, -0.15) is 0 Å². The van der Waals surface area contributed by atoms with Crippen LogP contribution >= 0.6 is 27.9 Å². The summed E-state index contributed by atoms with van der Waals surface area (Å²) in [6.45, 7) is 2.07. The number of amides is 2. The molecule has 1 aliphatic heterocycles. The van der Waals surface area contributed by atoms with Crippen molar-refractivity contribution < 1.29 is 14.7 Å². The van der Waals surface area contributed by atoms with Crippen molar-refractivity contribution in [2.24, 2.45) is 0 Å². The van der Waals surface area contributed by atoms with Gasteiger partial charge >= 0.3 is 0 Å². The molecule has 0 spiro atoms. The average molecular weight is 359 g/mol. The summed E-state index contributed by atoms with van der Waals surface area (Å²) in [6, 6.07) is 3.89. The number of benzene rings is 1. The Morgan fingerprint density at radius 3 is 2.90 bits per heavy atom. The van der Waals surface area contributed by atoms with E-state index in [1.54, 1.807) is 11.8 Å². The van der Waals surface area contributed by atoms with E-state index in [1.165, 1.54) is 11.9 Å². The number of carbonyl (C=O) groups is 2. The minimum atomic E-state index is -0.228. The van der Waals surface area contributed by atoms with Crippen molar-refractivity contribution in [1.82, 2.24) is 4.72 Å². The first-order valence-corrected chi connectivity index (χ1v) is 7.81. The van der Waals surface area contributed by atoms with Gasteiger partial charge in [0.2, 0.25) is 11.8 Å². The van der Waals surface area contributed by atoms with Crippen LogP contribution in [0.3, 0.4) is 0 Å². The molecule has 0 radical (unpaired) electrons. The Balaban J connectivity index is 2.17. The Labute approximate surface area is 130 Å². The topological polar surface area (TPSA) is 69.6 Å². The van der Waals surface area contributed by atoms with Gasteiger partial charge in [-0.05, 0) is 52.0 Å². The van der Waals surface area contributed by atoms with E-state index in [9.17, 15) is 9.59 Å². The van der Waals surface area contributed by atoms with E-state index in [0.29, 0.717) is 6.54 Å². The number of carbonyl (C=O) groups excluding carboxylic acids is 2. The third-order valence-electron chi connectivity index (χ3n) is 3.02. The molecule has 1 heterocycles. The molecule has 0 atom stereocenters. The van der Waals surface area contributed by atoms with Crippen molar-refractivity contribution in [3.63, 3.8) is 0 Å². The summed E-state index contributed by atoms with van der Waals surface area (Å²) in [7, 11) is 0. The fourth-order valence-corrected chi connectivity index (χ4v) is 3.34. The highest BCUT2D eigenvalue weighted by atomic mass is 79.9. The number of fused-ring (bicyclic) bond motifs is 1. The lowest BCUT2D eigenvalue weighted by Gasteiger charge is -2.16. The highest BCUT2D eigenvalue weighted by Gasteiger charge is 2.23. The van der Waals surface area contributed by atoms with Crippen LogP contribution in [-0.4, -0.2) is 30.1 Å². The number of hydrogen-bond donors (Lipinski definition) is 2. The molecule has 0 fully saturated rings. The summed E-state index contributed by atoms with van der Waals surface area (Å²) in [5, 5.41) is 8.69. The monoisotopic (exact) mass is 358 g/mol. The van der Waals surface area contributed by atoms with Gasteiger partial charge in [0.05, 0.1) is 13.0 Å². The van der Waals surface area contributed by atoms with Crippen LogP contribution in [0, 0.1) is 0 Å². The summed E-state index contributed by atoms with van der Waals surface area (Å²) in [6.07, 6.45) is 0.921. The van der Waals surface area contributed by atoms with Crippen LogP contribution in [0.15, 0.2) is 21.5 Å². The van der Waals surface area contributed by atoms with Gasteiger partial charge in [0.15, 0.2) is 0 Å². The average Bonchev–Trinajstić information content (AvgIpc) is 2.79. The van der Waals surface area contributed by atoms with Gasteiger partial charge < -0.3 is 10.0 Å².